The summed E-state index contributed by atoms with van der Waals surface area (Å²) in [4.78, 5) is 10.5. The number of nitro groups is 1. The average Bonchev–Trinajstić information content (AvgIpc) is 3.06. The maximum absolute atomic E-state index is 11.0. The van der Waals surface area contributed by atoms with E-state index >= 15 is 0 Å². The van der Waals surface area contributed by atoms with Crippen molar-refractivity contribution >= 4 is 17.9 Å². The number of benzene rings is 1. The molecule has 108 valence electrons. The molecule has 1 aromatic carbocycles. The summed E-state index contributed by atoms with van der Waals surface area (Å²) in [5, 5.41) is 22.1. The number of aromatic nitrogens is 3. The highest BCUT2D eigenvalue weighted by Crippen LogP contribution is 2.37. The lowest BCUT2D eigenvalue weighted by Gasteiger charge is -2.01. The van der Waals surface area contributed by atoms with Crippen LogP contribution in [0, 0.1) is 10.1 Å². The fourth-order valence-corrected chi connectivity index (χ4v) is 1.69. The number of nitrogens with zero attached hydrogens (tertiary/aromatic N) is 5. The number of ether oxygens (including phenoxy) is 2. The monoisotopic (exact) mass is 291 g/mol. The molecule has 0 saturated carbocycles. The van der Waals surface area contributed by atoms with Gasteiger partial charge in [0.05, 0.1) is 22.8 Å². The van der Waals surface area contributed by atoms with Crippen LogP contribution in [0.4, 0.5) is 11.6 Å². The molecule has 0 amide bonds. The fourth-order valence-electron chi connectivity index (χ4n) is 1.69. The van der Waals surface area contributed by atoms with E-state index in [9.17, 15) is 10.1 Å². The van der Waals surface area contributed by atoms with Gasteiger partial charge in [-0.15, -0.1) is 10.2 Å². The Morgan fingerprint density at radius 2 is 2.24 bits per heavy atom. The van der Waals surface area contributed by atoms with E-state index in [1.54, 1.807) is 0 Å². The van der Waals surface area contributed by atoms with Gasteiger partial charge in [-0.25, -0.2) is 10.1 Å². The highest BCUT2D eigenvalue weighted by molar-refractivity contribution is 5.87. The first-order valence-electron chi connectivity index (χ1n) is 5.67. The molecule has 0 aliphatic carbocycles. The lowest BCUT2D eigenvalue weighted by molar-refractivity contribution is -0.385. The van der Waals surface area contributed by atoms with E-state index in [1.807, 2.05) is 0 Å². The van der Waals surface area contributed by atoms with Gasteiger partial charge in [0.15, 0.2) is 11.5 Å². The Bertz CT molecular complexity index is 726. The molecule has 21 heavy (non-hydrogen) atoms. The number of hydrogen-bond donors (Lipinski definition) is 2. The smallest absolute Gasteiger partial charge is 0.282 e. The molecule has 11 nitrogen and oxygen atoms in total. The second-order valence-corrected chi connectivity index (χ2v) is 3.95. The Hall–Kier alpha value is -3.37. The molecule has 0 saturated heterocycles. The first kappa shape index (κ1) is 12.7. The summed E-state index contributed by atoms with van der Waals surface area (Å²) in [7, 11) is 0. The van der Waals surface area contributed by atoms with E-state index in [-0.39, 0.29) is 24.0 Å². The third kappa shape index (κ3) is 2.39. The van der Waals surface area contributed by atoms with E-state index < -0.39 is 4.92 Å². The molecule has 0 spiro atoms. The van der Waals surface area contributed by atoms with E-state index in [4.69, 9.17) is 15.3 Å². The molecule has 3 N–H and O–H groups in total. The van der Waals surface area contributed by atoms with Gasteiger partial charge in [0.2, 0.25) is 6.79 Å². The van der Waals surface area contributed by atoms with Crippen LogP contribution in [0.2, 0.25) is 0 Å². The molecule has 0 unspecified atom stereocenters. The Morgan fingerprint density at radius 1 is 1.48 bits per heavy atom. The largest absolute Gasteiger partial charge is 0.454 e. The van der Waals surface area contributed by atoms with Crippen LogP contribution in [-0.4, -0.2) is 32.8 Å². The van der Waals surface area contributed by atoms with Crippen molar-refractivity contribution in [3.8, 4) is 11.5 Å². The number of anilines is 1. The Balaban J connectivity index is 1.87. The minimum atomic E-state index is -0.533. The minimum absolute atomic E-state index is 0.0294. The zero-order chi connectivity index (χ0) is 14.8. The van der Waals surface area contributed by atoms with Crippen molar-refractivity contribution in [2.24, 2.45) is 5.10 Å². The second-order valence-electron chi connectivity index (χ2n) is 3.95. The molecular weight excluding hydrogens is 282 g/mol. The average molecular weight is 291 g/mol. The maximum Gasteiger partial charge on any atom is 0.282 e. The normalized spacial score (nSPS) is 12.8. The van der Waals surface area contributed by atoms with Gasteiger partial charge in [0.1, 0.15) is 6.33 Å². The van der Waals surface area contributed by atoms with Crippen LogP contribution < -0.4 is 20.7 Å². The van der Waals surface area contributed by atoms with Crippen LogP contribution in [0.3, 0.4) is 0 Å². The Labute approximate surface area is 117 Å². The first-order chi connectivity index (χ1) is 10.1. The molecule has 1 aliphatic heterocycles. The zero-order valence-corrected chi connectivity index (χ0v) is 10.5. The van der Waals surface area contributed by atoms with Crippen LogP contribution in [0.1, 0.15) is 5.56 Å². The molecule has 2 aromatic rings. The molecule has 3 rings (SSSR count). The number of fused-ring (bicyclic) bond motifs is 1. The van der Waals surface area contributed by atoms with E-state index in [1.165, 1.54) is 24.7 Å². The van der Waals surface area contributed by atoms with Crippen molar-refractivity contribution in [2.75, 3.05) is 18.1 Å². The van der Waals surface area contributed by atoms with Gasteiger partial charge < -0.3 is 15.3 Å². The summed E-state index contributed by atoms with van der Waals surface area (Å²) < 4.78 is 11.4. The van der Waals surface area contributed by atoms with E-state index in [0.717, 1.165) is 4.68 Å². The van der Waals surface area contributed by atoms with Gasteiger partial charge in [0.25, 0.3) is 11.6 Å². The molecule has 0 radical (unpaired) electrons. The van der Waals surface area contributed by atoms with Crippen LogP contribution in [0.5, 0.6) is 11.5 Å². The molecule has 0 fully saturated rings. The standard InChI is InChI=1S/C10H9N7O4/c11-16-4-13-15-10(16)14-12-3-6-1-8-9(21-5-20-8)2-7(6)17(18)19/h1-4H,5,11H2,(H,14,15)/b12-3-. The maximum atomic E-state index is 11.0. The van der Waals surface area contributed by atoms with Crippen molar-refractivity contribution in [2.45, 2.75) is 0 Å². The SMILES string of the molecule is Nn1cnnc1N/N=C\c1cc2c(cc1[N+](=O)[O-])OCO2. The summed E-state index contributed by atoms with van der Waals surface area (Å²) in [6.45, 7) is 0.0294. The van der Waals surface area contributed by atoms with Gasteiger partial charge in [0, 0.05) is 0 Å². The van der Waals surface area contributed by atoms with Gasteiger partial charge in [-0.2, -0.15) is 5.10 Å². The number of nitrogens with one attached hydrogen (secondary N) is 1. The molecule has 0 atom stereocenters. The third-order valence-electron chi connectivity index (χ3n) is 2.66. The van der Waals surface area contributed by atoms with Crippen molar-refractivity contribution in [3.05, 3.63) is 34.1 Å². The van der Waals surface area contributed by atoms with Crippen molar-refractivity contribution in [3.63, 3.8) is 0 Å². The van der Waals surface area contributed by atoms with Crippen molar-refractivity contribution < 1.29 is 14.4 Å². The Morgan fingerprint density at radius 3 is 2.90 bits per heavy atom. The number of nitro benzene ring substituents is 1. The minimum Gasteiger partial charge on any atom is -0.454 e. The third-order valence-corrected chi connectivity index (χ3v) is 2.66. The molecule has 1 aliphatic rings. The van der Waals surface area contributed by atoms with Crippen molar-refractivity contribution in [1.29, 1.82) is 0 Å². The fraction of sp³-hybridized carbons (Fsp3) is 0.100. The number of nitrogen functional groups attached to an aromatic ring is 1. The predicted molar refractivity (Wildman–Crippen MR) is 70.6 cm³/mol. The first-order valence-corrected chi connectivity index (χ1v) is 5.67. The van der Waals surface area contributed by atoms with Crippen LogP contribution >= 0.6 is 0 Å². The Kier molecular flexibility index (Phi) is 2.99. The second kappa shape index (κ2) is 4.96. The van der Waals surface area contributed by atoms with Gasteiger partial charge >= 0.3 is 0 Å². The highest BCUT2D eigenvalue weighted by atomic mass is 16.7. The number of hydrazone groups is 1. The van der Waals surface area contributed by atoms with Crippen LogP contribution in [0.15, 0.2) is 23.6 Å². The zero-order valence-electron chi connectivity index (χ0n) is 10.5. The summed E-state index contributed by atoms with van der Waals surface area (Å²) >= 11 is 0. The lowest BCUT2D eigenvalue weighted by atomic mass is 10.1. The van der Waals surface area contributed by atoms with Gasteiger partial charge in [-0.05, 0) is 6.07 Å². The van der Waals surface area contributed by atoms with Gasteiger partial charge in [-0.1, -0.05) is 0 Å². The quantitative estimate of drug-likeness (QED) is 0.349. The predicted octanol–water partition coefficient (Wildman–Crippen LogP) is 0.0748. The van der Waals surface area contributed by atoms with Crippen LogP contribution in [0.25, 0.3) is 0 Å². The van der Waals surface area contributed by atoms with Crippen LogP contribution in [-0.2, 0) is 0 Å². The molecule has 2 heterocycles. The number of hydrogen-bond acceptors (Lipinski definition) is 9. The van der Waals surface area contributed by atoms with Crippen molar-refractivity contribution in [1.82, 2.24) is 14.9 Å². The van der Waals surface area contributed by atoms with E-state index in [2.05, 4.69) is 20.7 Å². The summed E-state index contributed by atoms with van der Waals surface area (Å²) in [5.41, 5.74) is 2.61. The van der Waals surface area contributed by atoms with E-state index in [0.29, 0.717) is 11.5 Å². The molecule has 11 heteroatoms. The molecule has 1 aromatic heterocycles. The number of nitrogens with two attached hydrogens (primary N) is 1. The molecular formula is C10H9N7O4. The van der Waals surface area contributed by atoms with Gasteiger partial charge in [-0.3, -0.25) is 10.1 Å². The summed E-state index contributed by atoms with van der Waals surface area (Å²) in [5.74, 6) is 6.42. The summed E-state index contributed by atoms with van der Waals surface area (Å²) in [6, 6.07) is 2.76. The summed E-state index contributed by atoms with van der Waals surface area (Å²) in [6.07, 6.45) is 2.54. The lowest BCUT2D eigenvalue weighted by Crippen LogP contribution is -2.10. The topological polar surface area (TPSA) is 143 Å². The number of rotatable bonds is 4. The molecule has 0 bridgehead atoms. The highest BCUT2D eigenvalue weighted by Gasteiger charge is 2.22.